The van der Waals surface area contributed by atoms with Crippen LogP contribution in [0, 0.1) is 0 Å². The van der Waals surface area contributed by atoms with Gasteiger partial charge in [-0.3, -0.25) is 4.90 Å². The van der Waals surface area contributed by atoms with Crippen LogP contribution in [0.5, 0.6) is 0 Å². The molecule has 1 atom stereocenters. The number of rotatable bonds is 7. The van der Waals surface area contributed by atoms with Crippen LogP contribution in [0.15, 0.2) is 49.6 Å². The van der Waals surface area contributed by atoms with Crippen molar-refractivity contribution in [2.75, 3.05) is 13.6 Å². The Bertz CT molecular complexity index is 368. The molecule has 1 nitrogen and oxygen atoms in total. The Morgan fingerprint density at radius 3 is 2.59 bits per heavy atom. The first-order valence-corrected chi connectivity index (χ1v) is 6.17. The summed E-state index contributed by atoms with van der Waals surface area (Å²) in [5.74, 6) is 0.542. The zero-order chi connectivity index (χ0) is 12.7. The van der Waals surface area contributed by atoms with Gasteiger partial charge in [-0.2, -0.15) is 0 Å². The highest BCUT2D eigenvalue weighted by Crippen LogP contribution is 2.23. The van der Waals surface area contributed by atoms with Crippen LogP contribution in [0.25, 0.3) is 0 Å². The van der Waals surface area contributed by atoms with E-state index >= 15 is 0 Å². The minimum absolute atomic E-state index is 0.542. The monoisotopic (exact) mass is 229 g/mol. The maximum absolute atomic E-state index is 3.82. The van der Waals surface area contributed by atoms with Gasteiger partial charge in [-0.1, -0.05) is 43.3 Å². The van der Waals surface area contributed by atoms with E-state index in [1.54, 1.807) is 0 Å². The quantitative estimate of drug-likeness (QED) is 0.639. The van der Waals surface area contributed by atoms with E-state index < -0.39 is 0 Å². The third kappa shape index (κ3) is 4.20. The Kier molecular flexibility index (Phi) is 5.71. The molecule has 1 heteroatoms. The minimum atomic E-state index is 0.542. The molecule has 0 aliphatic carbocycles. The molecule has 1 aromatic carbocycles. The number of hydrogen-bond acceptors (Lipinski definition) is 1. The summed E-state index contributed by atoms with van der Waals surface area (Å²) < 4.78 is 0. The largest absolute Gasteiger partial charge is 0.298 e. The van der Waals surface area contributed by atoms with Gasteiger partial charge in [0.05, 0.1) is 0 Å². The molecule has 0 heterocycles. The lowest BCUT2D eigenvalue weighted by Gasteiger charge is -2.20. The highest BCUT2D eigenvalue weighted by atomic mass is 15.1. The van der Waals surface area contributed by atoms with Crippen molar-refractivity contribution in [3.63, 3.8) is 0 Å². The van der Waals surface area contributed by atoms with E-state index in [0.717, 1.165) is 19.5 Å². The molecular weight excluding hydrogens is 206 g/mol. The van der Waals surface area contributed by atoms with E-state index in [9.17, 15) is 0 Å². The van der Waals surface area contributed by atoms with Gasteiger partial charge < -0.3 is 0 Å². The number of allylic oxidation sites excluding steroid dienone is 1. The first-order valence-electron chi connectivity index (χ1n) is 6.17. The number of likely N-dealkylation sites (N-methyl/N-ethyl adjacent to an activating group) is 1. The van der Waals surface area contributed by atoms with Crippen molar-refractivity contribution in [3.8, 4) is 0 Å². The minimum Gasteiger partial charge on any atom is -0.298 e. The third-order valence-corrected chi connectivity index (χ3v) is 2.99. The Morgan fingerprint density at radius 1 is 1.24 bits per heavy atom. The lowest BCUT2D eigenvalue weighted by atomic mass is 9.93. The second-order valence-electron chi connectivity index (χ2n) is 4.61. The van der Waals surface area contributed by atoms with Gasteiger partial charge in [-0.25, -0.2) is 0 Å². The van der Waals surface area contributed by atoms with Crippen LogP contribution >= 0.6 is 0 Å². The third-order valence-electron chi connectivity index (χ3n) is 2.99. The molecule has 0 saturated heterocycles. The van der Waals surface area contributed by atoms with Gasteiger partial charge in [-0.05, 0) is 30.5 Å². The lowest BCUT2D eigenvalue weighted by Crippen LogP contribution is -2.18. The average Bonchev–Trinajstić information content (AvgIpc) is 2.30. The molecule has 0 amide bonds. The molecule has 0 aliphatic heterocycles. The first kappa shape index (κ1) is 13.7. The zero-order valence-electron chi connectivity index (χ0n) is 11.0. The van der Waals surface area contributed by atoms with E-state index in [1.165, 1.54) is 11.1 Å². The predicted octanol–water partition coefficient (Wildman–Crippen LogP) is 3.98. The van der Waals surface area contributed by atoms with Crippen molar-refractivity contribution in [3.05, 3.63) is 60.7 Å². The molecule has 0 bridgehead atoms. The van der Waals surface area contributed by atoms with Gasteiger partial charge in [0.15, 0.2) is 0 Å². The fourth-order valence-electron chi connectivity index (χ4n) is 2.11. The summed E-state index contributed by atoms with van der Waals surface area (Å²) in [7, 11) is 2.12. The zero-order valence-corrected chi connectivity index (χ0v) is 11.0. The molecule has 1 unspecified atom stereocenters. The van der Waals surface area contributed by atoms with Gasteiger partial charge in [-0.15, -0.1) is 13.2 Å². The van der Waals surface area contributed by atoms with Crippen LogP contribution in [0.2, 0.25) is 0 Å². The molecular formula is C16H23N. The van der Waals surface area contributed by atoms with Gasteiger partial charge in [0, 0.05) is 13.1 Å². The Labute approximate surface area is 105 Å². The van der Waals surface area contributed by atoms with Crippen LogP contribution in [-0.2, 0) is 6.54 Å². The Balaban J connectivity index is 2.83. The van der Waals surface area contributed by atoms with Crippen molar-refractivity contribution < 1.29 is 0 Å². The smallest absolute Gasteiger partial charge is 0.0236 e. The Morgan fingerprint density at radius 2 is 1.94 bits per heavy atom. The van der Waals surface area contributed by atoms with Crippen LogP contribution in [0.3, 0.4) is 0 Å². The molecule has 0 saturated carbocycles. The summed E-state index contributed by atoms with van der Waals surface area (Å²) >= 11 is 0. The fraction of sp³-hybridized carbons (Fsp3) is 0.375. The molecule has 92 valence electrons. The van der Waals surface area contributed by atoms with Gasteiger partial charge in [0.1, 0.15) is 0 Å². The van der Waals surface area contributed by atoms with Crippen LogP contribution < -0.4 is 0 Å². The summed E-state index contributed by atoms with van der Waals surface area (Å²) in [6.45, 7) is 11.8. The number of hydrogen-bond donors (Lipinski definition) is 0. The highest BCUT2D eigenvalue weighted by Gasteiger charge is 2.09. The highest BCUT2D eigenvalue weighted by molar-refractivity contribution is 5.30. The van der Waals surface area contributed by atoms with Crippen LogP contribution in [0.4, 0.5) is 0 Å². The van der Waals surface area contributed by atoms with E-state index in [1.807, 2.05) is 12.2 Å². The fourth-order valence-corrected chi connectivity index (χ4v) is 2.11. The molecule has 0 N–H and O–H groups in total. The second-order valence-corrected chi connectivity index (χ2v) is 4.61. The van der Waals surface area contributed by atoms with E-state index in [-0.39, 0.29) is 0 Å². The average molecular weight is 229 g/mol. The summed E-state index contributed by atoms with van der Waals surface area (Å²) in [4.78, 5) is 2.27. The molecule has 0 aromatic heterocycles. The topological polar surface area (TPSA) is 3.24 Å². The first-order chi connectivity index (χ1) is 8.19. The lowest BCUT2D eigenvalue weighted by molar-refractivity contribution is 0.361. The molecule has 1 aromatic rings. The molecule has 0 radical (unpaired) electrons. The summed E-state index contributed by atoms with van der Waals surface area (Å²) in [5.41, 5.74) is 2.84. The summed E-state index contributed by atoms with van der Waals surface area (Å²) in [6, 6.07) is 8.67. The van der Waals surface area contributed by atoms with Crippen molar-refractivity contribution in [1.29, 1.82) is 0 Å². The maximum Gasteiger partial charge on any atom is 0.0236 e. The van der Waals surface area contributed by atoms with E-state index in [2.05, 4.69) is 56.3 Å². The SMILES string of the molecule is C=CCC(C)c1ccccc1CN(C)CC=C. The van der Waals surface area contributed by atoms with Crippen molar-refractivity contribution in [2.45, 2.75) is 25.8 Å². The Hall–Kier alpha value is -1.34. The summed E-state index contributed by atoms with van der Waals surface area (Å²) in [5, 5.41) is 0. The standard InChI is InChI=1S/C16H23N/c1-5-9-14(3)16-11-8-7-10-15(16)13-17(4)12-6-2/h5-8,10-11,14H,1-2,9,12-13H2,3-4H3. The molecule has 0 fully saturated rings. The van der Waals surface area contributed by atoms with E-state index in [0.29, 0.717) is 5.92 Å². The van der Waals surface area contributed by atoms with Gasteiger partial charge in [0.2, 0.25) is 0 Å². The van der Waals surface area contributed by atoms with Crippen molar-refractivity contribution in [2.24, 2.45) is 0 Å². The normalized spacial score (nSPS) is 12.4. The predicted molar refractivity (Wildman–Crippen MR) is 76.2 cm³/mol. The molecule has 1 rings (SSSR count). The molecule has 0 aliphatic rings. The van der Waals surface area contributed by atoms with Crippen LogP contribution in [0.1, 0.15) is 30.4 Å². The van der Waals surface area contributed by atoms with Crippen LogP contribution in [-0.4, -0.2) is 18.5 Å². The van der Waals surface area contributed by atoms with Crippen molar-refractivity contribution >= 4 is 0 Å². The van der Waals surface area contributed by atoms with Gasteiger partial charge in [0.25, 0.3) is 0 Å². The van der Waals surface area contributed by atoms with E-state index in [4.69, 9.17) is 0 Å². The summed E-state index contributed by atoms with van der Waals surface area (Å²) in [6.07, 6.45) is 4.97. The van der Waals surface area contributed by atoms with Crippen molar-refractivity contribution in [1.82, 2.24) is 4.90 Å². The molecule has 17 heavy (non-hydrogen) atoms. The molecule has 0 spiro atoms. The second kappa shape index (κ2) is 7.08. The van der Waals surface area contributed by atoms with Gasteiger partial charge >= 0.3 is 0 Å². The maximum atomic E-state index is 3.82. The number of nitrogens with zero attached hydrogens (tertiary/aromatic N) is 1. The number of benzene rings is 1.